The van der Waals surface area contributed by atoms with Gasteiger partial charge < -0.3 is 4.74 Å². The van der Waals surface area contributed by atoms with E-state index in [-0.39, 0.29) is 11.4 Å². The van der Waals surface area contributed by atoms with Crippen LogP contribution in [0.25, 0.3) is 16.7 Å². The lowest BCUT2D eigenvalue weighted by molar-refractivity contribution is 0.136. The molecule has 7 heteroatoms. The SMILES string of the molecule is CCCCC(CC)COC(=O)Nc1c(C#N)cnn1-c1cc(C)c2ccccc2n1. The summed E-state index contributed by atoms with van der Waals surface area (Å²) < 4.78 is 6.89. The van der Waals surface area contributed by atoms with Crippen molar-refractivity contribution in [1.82, 2.24) is 14.8 Å². The van der Waals surface area contributed by atoms with Crippen LogP contribution in [0.4, 0.5) is 10.6 Å². The molecule has 2 heterocycles. The number of nitrogens with zero attached hydrogens (tertiary/aromatic N) is 4. The molecule has 30 heavy (non-hydrogen) atoms. The van der Waals surface area contributed by atoms with E-state index in [0.29, 0.717) is 18.3 Å². The molecule has 0 bridgehead atoms. The van der Waals surface area contributed by atoms with Crippen LogP contribution in [0, 0.1) is 24.2 Å². The third kappa shape index (κ3) is 4.77. The zero-order valence-electron chi connectivity index (χ0n) is 17.7. The van der Waals surface area contributed by atoms with Crippen LogP contribution in [-0.4, -0.2) is 27.5 Å². The van der Waals surface area contributed by atoms with Crippen LogP contribution in [0.3, 0.4) is 0 Å². The number of amides is 1. The third-order valence-electron chi connectivity index (χ3n) is 5.23. The summed E-state index contributed by atoms with van der Waals surface area (Å²) in [6, 6.07) is 11.8. The fourth-order valence-electron chi connectivity index (χ4n) is 3.39. The average Bonchev–Trinajstić information content (AvgIpc) is 3.16. The van der Waals surface area contributed by atoms with Gasteiger partial charge in [0.05, 0.1) is 18.3 Å². The fraction of sp³-hybridized carbons (Fsp3) is 0.391. The largest absolute Gasteiger partial charge is 0.449 e. The molecule has 0 aliphatic carbocycles. The second-order valence-electron chi connectivity index (χ2n) is 7.38. The lowest BCUT2D eigenvalue weighted by atomic mass is 10.0. The van der Waals surface area contributed by atoms with E-state index in [2.05, 4.69) is 35.3 Å². The van der Waals surface area contributed by atoms with Crippen LogP contribution in [-0.2, 0) is 4.74 Å². The molecule has 0 saturated carbocycles. The van der Waals surface area contributed by atoms with Crippen LogP contribution in [0.5, 0.6) is 0 Å². The summed E-state index contributed by atoms with van der Waals surface area (Å²) in [5, 5.41) is 17.5. The van der Waals surface area contributed by atoms with Gasteiger partial charge in [-0.2, -0.15) is 15.0 Å². The van der Waals surface area contributed by atoms with E-state index >= 15 is 0 Å². The van der Waals surface area contributed by atoms with Crippen molar-refractivity contribution < 1.29 is 9.53 Å². The minimum atomic E-state index is -0.597. The molecule has 1 unspecified atom stereocenters. The van der Waals surface area contributed by atoms with E-state index in [0.717, 1.165) is 42.1 Å². The van der Waals surface area contributed by atoms with E-state index < -0.39 is 6.09 Å². The van der Waals surface area contributed by atoms with Gasteiger partial charge in [0.25, 0.3) is 0 Å². The molecule has 1 atom stereocenters. The molecule has 156 valence electrons. The summed E-state index contributed by atoms with van der Waals surface area (Å²) in [7, 11) is 0. The number of nitrogens with one attached hydrogen (secondary N) is 1. The van der Waals surface area contributed by atoms with E-state index in [1.54, 1.807) is 0 Å². The maximum absolute atomic E-state index is 12.4. The first-order valence-electron chi connectivity index (χ1n) is 10.4. The van der Waals surface area contributed by atoms with Crippen molar-refractivity contribution in [3.63, 3.8) is 0 Å². The Bertz CT molecular complexity index is 1070. The molecule has 1 aromatic carbocycles. The van der Waals surface area contributed by atoms with Gasteiger partial charge >= 0.3 is 6.09 Å². The number of hydrogen-bond donors (Lipinski definition) is 1. The molecule has 0 fully saturated rings. The summed E-state index contributed by atoms with van der Waals surface area (Å²) in [6.07, 6.45) is 5.03. The first-order chi connectivity index (χ1) is 14.6. The minimum absolute atomic E-state index is 0.248. The number of para-hydroxylation sites is 1. The fourth-order valence-corrected chi connectivity index (χ4v) is 3.39. The zero-order chi connectivity index (χ0) is 21.5. The van der Waals surface area contributed by atoms with Gasteiger partial charge in [-0.15, -0.1) is 0 Å². The molecule has 0 saturated heterocycles. The first kappa shape index (κ1) is 21.3. The summed E-state index contributed by atoms with van der Waals surface area (Å²) in [6.45, 7) is 6.59. The Kier molecular flexibility index (Phi) is 7.02. The first-order valence-corrected chi connectivity index (χ1v) is 10.4. The number of ether oxygens (including phenoxy) is 1. The summed E-state index contributed by atoms with van der Waals surface area (Å²) in [4.78, 5) is 17.1. The molecular weight excluding hydrogens is 378 g/mol. The number of unbranched alkanes of at least 4 members (excludes halogenated alkanes) is 1. The van der Waals surface area contributed by atoms with Crippen molar-refractivity contribution in [3.05, 3.63) is 47.7 Å². The Morgan fingerprint density at radius 1 is 1.33 bits per heavy atom. The maximum atomic E-state index is 12.4. The van der Waals surface area contributed by atoms with Crippen LogP contribution < -0.4 is 5.32 Å². The molecule has 1 N–H and O–H groups in total. The second-order valence-corrected chi connectivity index (χ2v) is 7.38. The van der Waals surface area contributed by atoms with Crippen molar-refractivity contribution >= 4 is 22.8 Å². The Labute approximate surface area is 176 Å². The topological polar surface area (TPSA) is 92.8 Å². The molecule has 1 amide bonds. The Balaban J connectivity index is 1.82. The van der Waals surface area contributed by atoms with Crippen LogP contribution in [0.15, 0.2) is 36.5 Å². The highest BCUT2D eigenvalue weighted by molar-refractivity contribution is 5.86. The number of hydrogen-bond acceptors (Lipinski definition) is 5. The molecular formula is C23H27N5O2. The lowest BCUT2D eigenvalue weighted by Crippen LogP contribution is -2.21. The van der Waals surface area contributed by atoms with Gasteiger partial charge in [-0.25, -0.2) is 9.78 Å². The Hall–Kier alpha value is -3.40. The number of carbonyl (C=O) groups excluding carboxylic acids is 1. The number of rotatable bonds is 8. The average molecular weight is 406 g/mol. The van der Waals surface area contributed by atoms with Crippen molar-refractivity contribution in [1.29, 1.82) is 5.26 Å². The van der Waals surface area contributed by atoms with Crippen molar-refractivity contribution in [2.24, 2.45) is 5.92 Å². The van der Waals surface area contributed by atoms with Gasteiger partial charge in [-0.1, -0.05) is 51.3 Å². The molecule has 3 aromatic rings. The van der Waals surface area contributed by atoms with Gasteiger partial charge in [0.1, 0.15) is 11.6 Å². The van der Waals surface area contributed by atoms with Gasteiger partial charge in [0.2, 0.25) is 0 Å². The summed E-state index contributed by atoms with van der Waals surface area (Å²) in [5.41, 5.74) is 2.09. The molecule has 0 aliphatic heterocycles. The third-order valence-corrected chi connectivity index (χ3v) is 5.23. The van der Waals surface area contributed by atoms with Crippen LogP contribution >= 0.6 is 0 Å². The Morgan fingerprint density at radius 2 is 2.13 bits per heavy atom. The quantitative estimate of drug-likeness (QED) is 0.544. The molecule has 0 aliphatic rings. The predicted molar refractivity (Wildman–Crippen MR) is 117 cm³/mol. The number of fused-ring (bicyclic) bond motifs is 1. The number of pyridine rings is 1. The van der Waals surface area contributed by atoms with Crippen LogP contribution in [0.2, 0.25) is 0 Å². The van der Waals surface area contributed by atoms with Crippen molar-refractivity contribution in [2.45, 2.75) is 46.5 Å². The van der Waals surface area contributed by atoms with Crippen molar-refractivity contribution in [2.75, 3.05) is 11.9 Å². The van der Waals surface area contributed by atoms with Gasteiger partial charge in [0.15, 0.2) is 11.6 Å². The highest BCUT2D eigenvalue weighted by atomic mass is 16.5. The standard InChI is InChI=1S/C23H27N5O2/c1-4-6-9-17(5-2)15-30-23(29)27-22-18(13-24)14-25-28(22)21-12-16(3)19-10-7-8-11-20(19)26-21/h7-8,10-12,14,17H,4-6,9,15H2,1-3H3,(H,27,29). The summed E-state index contributed by atoms with van der Waals surface area (Å²) in [5.74, 6) is 1.12. The second kappa shape index (κ2) is 9.88. The van der Waals surface area contributed by atoms with E-state index in [1.165, 1.54) is 10.9 Å². The lowest BCUT2D eigenvalue weighted by Gasteiger charge is -2.15. The number of anilines is 1. The van der Waals surface area contributed by atoms with Gasteiger partial charge in [0, 0.05) is 5.39 Å². The highest BCUT2D eigenvalue weighted by Crippen LogP contribution is 2.24. The highest BCUT2D eigenvalue weighted by Gasteiger charge is 2.18. The number of aryl methyl sites for hydroxylation is 1. The number of aromatic nitrogens is 3. The van der Waals surface area contributed by atoms with E-state index in [4.69, 9.17) is 4.74 Å². The number of benzene rings is 1. The molecule has 3 rings (SSSR count). The van der Waals surface area contributed by atoms with Gasteiger partial charge in [-0.3, -0.25) is 5.32 Å². The zero-order valence-corrected chi connectivity index (χ0v) is 17.7. The number of nitriles is 1. The van der Waals surface area contributed by atoms with E-state index in [9.17, 15) is 10.1 Å². The molecule has 0 radical (unpaired) electrons. The molecule has 0 spiro atoms. The van der Waals surface area contributed by atoms with Crippen LogP contribution in [0.1, 0.15) is 50.7 Å². The maximum Gasteiger partial charge on any atom is 0.412 e. The monoisotopic (exact) mass is 405 g/mol. The smallest absolute Gasteiger partial charge is 0.412 e. The van der Waals surface area contributed by atoms with Gasteiger partial charge in [-0.05, 0) is 37.0 Å². The normalized spacial score (nSPS) is 11.8. The summed E-state index contributed by atoms with van der Waals surface area (Å²) >= 11 is 0. The van der Waals surface area contributed by atoms with E-state index in [1.807, 2.05) is 37.3 Å². The number of carbonyl (C=O) groups is 1. The molecule has 7 nitrogen and oxygen atoms in total. The minimum Gasteiger partial charge on any atom is -0.449 e. The molecule has 2 aromatic heterocycles. The predicted octanol–water partition coefficient (Wildman–Crippen LogP) is 5.37. The van der Waals surface area contributed by atoms with Crippen molar-refractivity contribution in [3.8, 4) is 11.9 Å². The Morgan fingerprint density at radius 3 is 2.87 bits per heavy atom.